The molecule has 0 saturated heterocycles. The number of hydrogen-bond donors (Lipinski definition) is 0. The van der Waals surface area contributed by atoms with Crippen LogP contribution in [0.2, 0.25) is 0 Å². The number of fused-ring (bicyclic) bond motifs is 1. The van der Waals surface area contributed by atoms with Gasteiger partial charge in [0, 0.05) is 11.1 Å². The van der Waals surface area contributed by atoms with E-state index in [1.807, 2.05) is 0 Å². The molecule has 0 spiro atoms. The second-order valence-electron chi connectivity index (χ2n) is 10.4. The Morgan fingerprint density at radius 3 is 1.17 bits per heavy atom. The van der Waals surface area contributed by atoms with Gasteiger partial charge in [-0.1, -0.05) is 157 Å². The molecule has 7 rings (SSSR count). The molecule has 0 amide bonds. The van der Waals surface area contributed by atoms with E-state index in [0.29, 0.717) is 0 Å². The van der Waals surface area contributed by atoms with Crippen LogP contribution in [0, 0.1) is 6.92 Å². The molecule has 2 nitrogen and oxygen atoms in total. The zero-order valence-electron chi connectivity index (χ0n) is 23.2. The number of aryl methyl sites for hydroxylation is 1. The largest absolute Gasteiger partial charge is 0.172 e. The monoisotopic (exact) mass is 556 g/mol. The average molecular weight is 557 g/mol. The van der Waals surface area contributed by atoms with Gasteiger partial charge in [0.1, 0.15) is 11.0 Å². The van der Waals surface area contributed by atoms with Crippen molar-refractivity contribution in [3.63, 3.8) is 0 Å². The summed E-state index contributed by atoms with van der Waals surface area (Å²) in [5.41, 5.74) is 14.8. The van der Waals surface area contributed by atoms with Gasteiger partial charge in [-0.05, 0) is 51.5 Å². The van der Waals surface area contributed by atoms with Gasteiger partial charge in [0.25, 0.3) is 0 Å². The Morgan fingerprint density at radius 1 is 0.405 bits per heavy atom. The van der Waals surface area contributed by atoms with E-state index >= 15 is 0 Å². The first-order valence-corrected chi connectivity index (χ1v) is 14.8. The summed E-state index contributed by atoms with van der Waals surface area (Å²) < 4.78 is 9.44. The fraction of sp³-hybridized carbons (Fsp3) is 0.0256. The van der Waals surface area contributed by atoms with E-state index in [9.17, 15) is 0 Å². The van der Waals surface area contributed by atoms with E-state index in [2.05, 4.69) is 159 Å². The molecule has 0 unspecified atom stereocenters. The molecule has 0 aliphatic rings. The Hall–Kier alpha value is -5.12. The third-order valence-electron chi connectivity index (χ3n) is 7.70. The molecule has 0 fully saturated rings. The zero-order valence-corrected chi connectivity index (χ0v) is 24.1. The molecule has 1 heterocycles. The van der Waals surface area contributed by atoms with E-state index in [-0.39, 0.29) is 0 Å². The third kappa shape index (κ3) is 4.96. The van der Waals surface area contributed by atoms with Gasteiger partial charge in [0.05, 0.1) is 11.7 Å². The van der Waals surface area contributed by atoms with Crippen LogP contribution in [0.4, 0.5) is 0 Å². The number of nitrogens with zero attached hydrogens (tertiary/aromatic N) is 2. The minimum atomic E-state index is 0.943. The van der Waals surface area contributed by atoms with Crippen LogP contribution >= 0.6 is 11.7 Å². The van der Waals surface area contributed by atoms with Crippen molar-refractivity contribution in [1.82, 2.24) is 8.75 Å². The highest BCUT2D eigenvalue weighted by Gasteiger charge is 2.17. The van der Waals surface area contributed by atoms with E-state index in [1.165, 1.54) is 45.1 Å². The first-order chi connectivity index (χ1) is 20.8. The maximum Gasteiger partial charge on any atom is 0.113 e. The van der Waals surface area contributed by atoms with Crippen LogP contribution in [0.3, 0.4) is 0 Å². The minimum absolute atomic E-state index is 0.943. The summed E-state index contributed by atoms with van der Waals surface area (Å²) in [6.07, 6.45) is 0. The average Bonchev–Trinajstić information content (AvgIpc) is 3.55. The second kappa shape index (κ2) is 11.4. The molecule has 0 saturated carbocycles. The van der Waals surface area contributed by atoms with E-state index in [0.717, 1.165) is 38.9 Å². The van der Waals surface area contributed by atoms with Crippen LogP contribution in [0.15, 0.2) is 152 Å². The van der Waals surface area contributed by atoms with Gasteiger partial charge in [-0.15, -0.1) is 0 Å². The van der Waals surface area contributed by atoms with Crippen LogP contribution in [-0.2, 0) is 0 Å². The van der Waals surface area contributed by atoms with Crippen molar-refractivity contribution >= 4 is 33.9 Å². The summed E-state index contributed by atoms with van der Waals surface area (Å²) in [7, 11) is 0. The number of rotatable bonds is 6. The number of aromatic nitrogens is 2. The topological polar surface area (TPSA) is 25.8 Å². The van der Waals surface area contributed by atoms with Crippen molar-refractivity contribution in [3.05, 3.63) is 179 Å². The lowest BCUT2D eigenvalue weighted by Crippen LogP contribution is -1.97. The van der Waals surface area contributed by atoms with E-state index < -0.39 is 0 Å². The Kier molecular flexibility index (Phi) is 7.01. The molecule has 1 aromatic heterocycles. The molecular weight excluding hydrogens is 529 g/mol. The molecule has 0 atom stereocenters. The summed E-state index contributed by atoms with van der Waals surface area (Å²) in [4.78, 5) is 0. The summed E-state index contributed by atoms with van der Waals surface area (Å²) in [6, 6.07) is 53.9. The highest BCUT2D eigenvalue weighted by Crippen LogP contribution is 2.39. The quantitative estimate of drug-likeness (QED) is 0.190. The molecule has 3 heteroatoms. The van der Waals surface area contributed by atoms with Gasteiger partial charge < -0.3 is 0 Å². The Bertz CT molecular complexity index is 1950. The molecule has 0 N–H and O–H groups in total. The SMILES string of the molecule is Cc1ccc(-c2ccc(-c3ccc(C(=C(c4ccccc4)c4ccccc4)c4ccccc4)cc3)c3nsnc23)cc1. The van der Waals surface area contributed by atoms with Crippen LogP contribution in [0.25, 0.3) is 44.4 Å². The van der Waals surface area contributed by atoms with Crippen LogP contribution in [-0.4, -0.2) is 8.75 Å². The second-order valence-corrected chi connectivity index (χ2v) is 10.9. The van der Waals surface area contributed by atoms with Gasteiger partial charge in [-0.2, -0.15) is 8.75 Å². The first kappa shape index (κ1) is 25.8. The molecular formula is C39H28N2S. The lowest BCUT2D eigenvalue weighted by Gasteiger charge is -2.18. The summed E-state index contributed by atoms with van der Waals surface area (Å²) in [5, 5.41) is 0. The number of benzene rings is 6. The fourth-order valence-corrected chi connectivity index (χ4v) is 6.18. The molecule has 0 aliphatic heterocycles. The first-order valence-electron chi connectivity index (χ1n) is 14.1. The highest BCUT2D eigenvalue weighted by atomic mass is 32.1. The Balaban J connectivity index is 1.38. The molecule has 0 aliphatic carbocycles. The molecule has 200 valence electrons. The van der Waals surface area contributed by atoms with Crippen molar-refractivity contribution < 1.29 is 0 Å². The fourth-order valence-electron chi connectivity index (χ4n) is 5.61. The zero-order chi connectivity index (χ0) is 28.3. The van der Waals surface area contributed by atoms with Crippen molar-refractivity contribution in [1.29, 1.82) is 0 Å². The van der Waals surface area contributed by atoms with Gasteiger partial charge in [0.15, 0.2) is 0 Å². The number of hydrogen-bond acceptors (Lipinski definition) is 3. The predicted octanol–water partition coefficient (Wildman–Crippen LogP) is 10.3. The predicted molar refractivity (Wildman–Crippen MR) is 177 cm³/mol. The van der Waals surface area contributed by atoms with Gasteiger partial charge >= 0.3 is 0 Å². The molecule has 0 radical (unpaired) electrons. The summed E-state index contributed by atoms with van der Waals surface area (Å²) >= 11 is 1.27. The molecule has 7 aromatic rings. The van der Waals surface area contributed by atoms with Gasteiger partial charge in [-0.3, -0.25) is 0 Å². The van der Waals surface area contributed by atoms with Crippen molar-refractivity contribution in [2.24, 2.45) is 0 Å². The maximum atomic E-state index is 4.73. The lowest BCUT2D eigenvalue weighted by atomic mass is 9.85. The lowest BCUT2D eigenvalue weighted by molar-refractivity contribution is 1.47. The summed E-state index contributed by atoms with van der Waals surface area (Å²) in [5.74, 6) is 0. The summed E-state index contributed by atoms with van der Waals surface area (Å²) in [6.45, 7) is 2.11. The highest BCUT2D eigenvalue weighted by molar-refractivity contribution is 7.00. The molecule has 42 heavy (non-hydrogen) atoms. The van der Waals surface area contributed by atoms with Gasteiger partial charge in [0.2, 0.25) is 0 Å². The van der Waals surface area contributed by atoms with E-state index in [4.69, 9.17) is 8.75 Å². The normalized spacial score (nSPS) is 11.0. The van der Waals surface area contributed by atoms with Crippen molar-refractivity contribution in [2.75, 3.05) is 0 Å². The van der Waals surface area contributed by atoms with Crippen molar-refractivity contribution in [2.45, 2.75) is 6.92 Å². The van der Waals surface area contributed by atoms with Crippen LogP contribution in [0.1, 0.15) is 27.8 Å². The standard InChI is InChI=1S/C39H28N2S/c1-27-17-19-28(20-18-27)34-25-26-35(39-38(34)40-42-41-39)29-21-23-33(24-22-29)37(32-15-9-4-10-16-32)36(30-11-5-2-6-12-30)31-13-7-3-8-14-31/h2-26H,1H3. The smallest absolute Gasteiger partial charge is 0.113 e. The Labute approximate surface area is 250 Å². The Morgan fingerprint density at radius 2 is 0.762 bits per heavy atom. The van der Waals surface area contributed by atoms with Crippen LogP contribution in [0.5, 0.6) is 0 Å². The molecule has 6 aromatic carbocycles. The molecule has 0 bridgehead atoms. The minimum Gasteiger partial charge on any atom is -0.172 e. The van der Waals surface area contributed by atoms with Gasteiger partial charge in [-0.25, -0.2) is 0 Å². The van der Waals surface area contributed by atoms with Crippen molar-refractivity contribution in [3.8, 4) is 22.3 Å². The van der Waals surface area contributed by atoms with E-state index in [1.54, 1.807) is 0 Å². The third-order valence-corrected chi connectivity index (χ3v) is 8.23. The maximum absolute atomic E-state index is 4.73. The van der Waals surface area contributed by atoms with Crippen LogP contribution < -0.4 is 0 Å².